The number of aromatic nitrogens is 2. The Bertz CT molecular complexity index is 859. The highest BCUT2D eigenvalue weighted by atomic mass is 32.2. The fourth-order valence-electron chi connectivity index (χ4n) is 5.35. The highest BCUT2D eigenvalue weighted by Gasteiger charge is 2.26. The Kier molecular flexibility index (Phi) is 8.12. The maximum atomic E-state index is 11.9. The molecule has 1 aromatic heterocycles. The van der Waals surface area contributed by atoms with Crippen LogP contribution in [0.15, 0.2) is 36.7 Å². The molecule has 4 nitrogen and oxygen atoms in total. The zero-order valence-corrected chi connectivity index (χ0v) is 20.8. The van der Waals surface area contributed by atoms with Gasteiger partial charge in [0.05, 0.1) is 6.20 Å². The number of hydrogen-bond acceptors (Lipinski definition) is 4. The van der Waals surface area contributed by atoms with Crippen molar-refractivity contribution in [3.8, 4) is 0 Å². The van der Waals surface area contributed by atoms with Crippen LogP contribution in [0.1, 0.15) is 80.9 Å². The average molecular weight is 454 g/mol. The van der Waals surface area contributed by atoms with Crippen LogP contribution in [0.3, 0.4) is 0 Å². The van der Waals surface area contributed by atoms with E-state index < -0.39 is 0 Å². The smallest absolute Gasteiger partial charge is 0.191 e. The van der Waals surface area contributed by atoms with Gasteiger partial charge in [-0.1, -0.05) is 49.9 Å². The van der Waals surface area contributed by atoms with Crippen molar-refractivity contribution in [3.05, 3.63) is 53.3 Å². The zero-order valence-electron chi connectivity index (χ0n) is 20.0. The third-order valence-electron chi connectivity index (χ3n) is 7.59. The van der Waals surface area contributed by atoms with E-state index in [2.05, 4.69) is 59.0 Å². The van der Waals surface area contributed by atoms with E-state index in [0.717, 1.165) is 44.7 Å². The monoisotopic (exact) mass is 453 g/mol. The summed E-state index contributed by atoms with van der Waals surface area (Å²) in [5, 5.41) is 4.95. The number of carbonyl (C=O) groups excluding carboxylic acids is 1. The van der Waals surface area contributed by atoms with Crippen molar-refractivity contribution >= 4 is 16.9 Å². The summed E-state index contributed by atoms with van der Waals surface area (Å²) in [4.78, 5) is 14.5. The lowest BCUT2D eigenvalue weighted by molar-refractivity contribution is -0.115. The summed E-state index contributed by atoms with van der Waals surface area (Å²) in [5.74, 6) is 2.20. The topological polar surface area (TPSA) is 38.1 Å². The van der Waals surface area contributed by atoms with Gasteiger partial charge in [-0.25, -0.2) is 0 Å². The molecule has 1 saturated carbocycles. The van der Waals surface area contributed by atoms with Crippen LogP contribution >= 0.6 is 11.8 Å². The molecule has 1 saturated heterocycles. The van der Waals surface area contributed by atoms with Gasteiger partial charge in [-0.05, 0) is 92.3 Å². The van der Waals surface area contributed by atoms with Crippen molar-refractivity contribution in [2.45, 2.75) is 77.3 Å². The molecule has 174 valence electrons. The molecule has 2 heterocycles. The molecule has 2 aliphatic rings. The minimum absolute atomic E-state index is 0.286. The maximum Gasteiger partial charge on any atom is 0.191 e. The number of carbonyl (C=O) groups is 1. The third kappa shape index (κ3) is 6.05. The van der Waals surface area contributed by atoms with Gasteiger partial charge in [0.2, 0.25) is 0 Å². The van der Waals surface area contributed by atoms with E-state index in [-0.39, 0.29) is 5.92 Å². The number of nitrogens with zero attached hydrogens (tertiary/aromatic N) is 3. The number of thioether (sulfide) groups is 1. The van der Waals surface area contributed by atoms with Gasteiger partial charge in [0.1, 0.15) is 0 Å². The van der Waals surface area contributed by atoms with Crippen LogP contribution in [0.5, 0.6) is 0 Å². The van der Waals surface area contributed by atoms with E-state index in [1.54, 1.807) is 0 Å². The lowest BCUT2D eigenvalue weighted by Gasteiger charge is -2.32. The Morgan fingerprint density at radius 1 is 1.06 bits per heavy atom. The maximum absolute atomic E-state index is 11.9. The Hall–Kier alpha value is -1.59. The molecule has 1 aliphatic heterocycles. The minimum Gasteiger partial charge on any atom is -0.299 e. The van der Waals surface area contributed by atoms with E-state index in [0.29, 0.717) is 17.0 Å². The fourth-order valence-corrected chi connectivity index (χ4v) is 5.92. The molecule has 0 unspecified atom stereocenters. The van der Waals surface area contributed by atoms with Crippen LogP contribution in [0.4, 0.5) is 0 Å². The van der Waals surface area contributed by atoms with Crippen LogP contribution in [0.25, 0.3) is 0 Å². The molecular weight excluding hydrogens is 414 g/mol. The van der Waals surface area contributed by atoms with Crippen molar-refractivity contribution in [2.75, 3.05) is 19.3 Å². The lowest BCUT2D eigenvalue weighted by atomic mass is 9.79. The van der Waals surface area contributed by atoms with Crippen LogP contribution in [0.2, 0.25) is 0 Å². The summed E-state index contributed by atoms with van der Waals surface area (Å²) in [6.45, 7) is 8.93. The summed E-state index contributed by atoms with van der Waals surface area (Å²) in [5.41, 5.74) is 4.22. The normalized spacial score (nSPS) is 23.0. The van der Waals surface area contributed by atoms with E-state index in [1.165, 1.54) is 54.4 Å². The first-order valence-electron chi connectivity index (χ1n) is 12.4. The molecule has 0 spiro atoms. The molecule has 0 amide bonds. The molecule has 2 aromatic rings. The standard InChI is InChI=1S/C27H39N3OS/c1-20(2)26-16-28-30(19-26)18-22-12-14-29(15-13-22)17-21-4-6-23(7-5-21)24-8-10-25(11-9-24)27(31)32-3/h4-7,16,19-20,22,24-25H,8-15,17-18H2,1-3H3. The van der Waals surface area contributed by atoms with Crippen molar-refractivity contribution in [1.29, 1.82) is 0 Å². The summed E-state index contributed by atoms with van der Waals surface area (Å²) in [6.07, 6.45) is 13.1. The Morgan fingerprint density at radius 3 is 2.34 bits per heavy atom. The predicted octanol–water partition coefficient (Wildman–Crippen LogP) is 6.08. The summed E-state index contributed by atoms with van der Waals surface area (Å²) < 4.78 is 2.15. The Morgan fingerprint density at radius 2 is 1.75 bits per heavy atom. The van der Waals surface area contributed by atoms with Gasteiger partial charge in [0, 0.05) is 25.2 Å². The van der Waals surface area contributed by atoms with Gasteiger partial charge >= 0.3 is 0 Å². The van der Waals surface area contributed by atoms with Gasteiger partial charge < -0.3 is 0 Å². The number of piperidine rings is 1. The second-order valence-corrected chi connectivity index (χ2v) is 11.0. The van der Waals surface area contributed by atoms with Crippen molar-refractivity contribution < 1.29 is 4.79 Å². The Balaban J connectivity index is 1.21. The average Bonchev–Trinajstić information content (AvgIpc) is 3.29. The Labute approximate surface area is 198 Å². The van der Waals surface area contributed by atoms with E-state index in [1.807, 2.05) is 12.5 Å². The molecule has 1 aliphatic carbocycles. The molecular formula is C27H39N3OS. The lowest BCUT2D eigenvalue weighted by Crippen LogP contribution is -2.34. The quantitative estimate of drug-likeness (QED) is 0.509. The van der Waals surface area contributed by atoms with Gasteiger partial charge in [0.15, 0.2) is 5.12 Å². The van der Waals surface area contributed by atoms with Crippen molar-refractivity contribution in [2.24, 2.45) is 11.8 Å². The molecule has 0 radical (unpaired) electrons. The van der Waals surface area contributed by atoms with Gasteiger partial charge in [-0.15, -0.1) is 0 Å². The number of hydrogen-bond donors (Lipinski definition) is 0. The molecule has 4 rings (SSSR count). The van der Waals surface area contributed by atoms with Crippen LogP contribution in [-0.4, -0.2) is 39.1 Å². The summed E-state index contributed by atoms with van der Waals surface area (Å²) in [7, 11) is 0. The molecule has 0 N–H and O–H groups in total. The first-order chi connectivity index (χ1) is 15.5. The predicted molar refractivity (Wildman–Crippen MR) is 134 cm³/mol. The van der Waals surface area contributed by atoms with E-state index in [4.69, 9.17) is 0 Å². The second kappa shape index (κ2) is 11.0. The third-order valence-corrected chi connectivity index (χ3v) is 8.33. The molecule has 0 bridgehead atoms. The van der Waals surface area contributed by atoms with Crippen LogP contribution < -0.4 is 0 Å². The molecule has 2 fully saturated rings. The largest absolute Gasteiger partial charge is 0.299 e. The SMILES string of the molecule is CSC(=O)C1CCC(c2ccc(CN3CCC(Cn4cc(C(C)C)cn4)CC3)cc2)CC1. The molecule has 0 atom stereocenters. The first kappa shape index (κ1) is 23.6. The van der Waals surface area contributed by atoms with E-state index in [9.17, 15) is 4.79 Å². The van der Waals surface area contributed by atoms with Crippen molar-refractivity contribution in [3.63, 3.8) is 0 Å². The zero-order chi connectivity index (χ0) is 22.5. The fraction of sp³-hybridized carbons (Fsp3) is 0.630. The van der Waals surface area contributed by atoms with Crippen molar-refractivity contribution in [1.82, 2.24) is 14.7 Å². The minimum atomic E-state index is 0.286. The number of benzene rings is 1. The second-order valence-electron chi connectivity index (χ2n) is 10.2. The molecule has 1 aromatic carbocycles. The highest BCUT2D eigenvalue weighted by molar-refractivity contribution is 8.13. The van der Waals surface area contributed by atoms with Crippen LogP contribution in [-0.2, 0) is 17.9 Å². The number of rotatable bonds is 7. The molecule has 5 heteroatoms. The summed E-state index contributed by atoms with van der Waals surface area (Å²) in [6, 6.07) is 9.34. The molecule has 32 heavy (non-hydrogen) atoms. The highest BCUT2D eigenvalue weighted by Crippen LogP contribution is 2.37. The van der Waals surface area contributed by atoms with Gasteiger partial charge in [-0.2, -0.15) is 5.10 Å². The summed E-state index contributed by atoms with van der Waals surface area (Å²) >= 11 is 1.40. The van der Waals surface area contributed by atoms with Gasteiger partial charge in [-0.3, -0.25) is 14.4 Å². The van der Waals surface area contributed by atoms with Crippen LogP contribution in [0, 0.1) is 11.8 Å². The number of likely N-dealkylation sites (tertiary alicyclic amines) is 1. The van der Waals surface area contributed by atoms with Gasteiger partial charge in [0.25, 0.3) is 0 Å². The first-order valence-corrected chi connectivity index (χ1v) is 13.7. The van der Waals surface area contributed by atoms with E-state index >= 15 is 0 Å².